The SMILES string of the molecule is CN1C2=Nn3cc(C(=O)O)c(=O)c4cc(F)c(F)c(c43)N2c2ccccc21. The van der Waals surface area contributed by atoms with Crippen molar-refractivity contribution in [3.63, 3.8) is 0 Å². The number of rotatable bonds is 1. The molecule has 0 saturated carbocycles. The Bertz CT molecular complexity index is 1280. The first-order valence-corrected chi connectivity index (χ1v) is 7.92. The third-order valence-electron chi connectivity index (χ3n) is 4.77. The number of anilines is 3. The van der Waals surface area contributed by atoms with Crippen LogP contribution in [-0.4, -0.2) is 28.8 Å². The Morgan fingerprint density at radius 2 is 1.89 bits per heavy atom. The first kappa shape index (κ1) is 15.5. The van der Waals surface area contributed by atoms with Gasteiger partial charge in [0.1, 0.15) is 16.8 Å². The Balaban J connectivity index is 1.99. The highest BCUT2D eigenvalue weighted by atomic mass is 19.2. The van der Waals surface area contributed by atoms with Crippen molar-refractivity contribution in [3.05, 3.63) is 63.9 Å². The van der Waals surface area contributed by atoms with E-state index >= 15 is 0 Å². The molecule has 5 rings (SSSR count). The molecule has 0 spiro atoms. The Labute approximate surface area is 150 Å². The Morgan fingerprint density at radius 3 is 2.59 bits per heavy atom. The Morgan fingerprint density at radius 1 is 1.19 bits per heavy atom. The second-order valence-corrected chi connectivity index (χ2v) is 6.22. The minimum absolute atomic E-state index is 0.0118. The molecule has 0 fully saturated rings. The summed E-state index contributed by atoms with van der Waals surface area (Å²) in [5, 5.41) is 13.4. The lowest BCUT2D eigenvalue weighted by atomic mass is 10.1. The molecule has 134 valence electrons. The minimum atomic E-state index is -1.47. The number of aromatic carboxylic acids is 1. The Hall–Kier alpha value is -3.75. The molecular formula is C18H10F2N4O3. The number of carboxylic acid groups (broad SMARTS) is 1. The van der Waals surface area contributed by atoms with Crippen LogP contribution < -0.4 is 15.2 Å². The second-order valence-electron chi connectivity index (χ2n) is 6.22. The van der Waals surface area contributed by atoms with Crippen LogP contribution in [0.15, 0.2) is 46.4 Å². The normalized spacial score (nSPS) is 14.3. The number of halogens is 2. The van der Waals surface area contributed by atoms with E-state index in [1.807, 2.05) is 0 Å². The summed E-state index contributed by atoms with van der Waals surface area (Å²) in [6.45, 7) is 0. The van der Waals surface area contributed by atoms with Crippen molar-refractivity contribution in [1.82, 2.24) is 4.68 Å². The second kappa shape index (κ2) is 4.91. The average molecular weight is 368 g/mol. The molecule has 27 heavy (non-hydrogen) atoms. The van der Waals surface area contributed by atoms with E-state index in [2.05, 4.69) is 5.10 Å². The summed E-state index contributed by atoms with van der Waals surface area (Å²) in [6, 6.07) is 7.78. The van der Waals surface area contributed by atoms with Gasteiger partial charge in [-0.3, -0.25) is 9.69 Å². The Kier molecular flexibility index (Phi) is 2.82. The van der Waals surface area contributed by atoms with E-state index in [0.29, 0.717) is 17.4 Å². The van der Waals surface area contributed by atoms with Gasteiger partial charge in [-0.1, -0.05) is 12.1 Å². The number of benzene rings is 2. The number of guanidine groups is 1. The number of carboxylic acids is 1. The number of carbonyl (C=O) groups is 1. The number of para-hydroxylation sites is 2. The maximum absolute atomic E-state index is 14.9. The van der Waals surface area contributed by atoms with Crippen LogP contribution in [0.3, 0.4) is 0 Å². The molecule has 1 aromatic heterocycles. The van der Waals surface area contributed by atoms with Crippen molar-refractivity contribution in [2.45, 2.75) is 0 Å². The van der Waals surface area contributed by atoms with Crippen LogP contribution in [0.5, 0.6) is 0 Å². The van der Waals surface area contributed by atoms with Gasteiger partial charge in [0, 0.05) is 13.2 Å². The molecule has 3 heterocycles. The van der Waals surface area contributed by atoms with Gasteiger partial charge >= 0.3 is 5.97 Å². The van der Waals surface area contributed by atoms with E-state index in [1.165, 1.54) is 4.90 Å². The molecular weight excluding hydrogens is 358 g/mol. The summed E-state index contributed by atoms with van der Waals surface area (Å²) in [4.78, 5) is 27.0. The van der Waals surface area contributed by atoms with Gasteiger partial charge < -0.3 is 10.0 Å². The maximum atomic E-state index is 14.9. The zero-order valence-corrected chi connectivity index (χ0v) is 13.8. The van der Waals surface area contributed by atoms with Crippen LogP contribution in [0.25, 0.3) is 10.9 Å². The van der Waals surface area contributed by atoms with Gasteiger partial charge in [-0.15, -0.1) is 5.10 Å². The van der Waals surface area contributed by atoms with E-state index in [0.717, 1.165) is 10.9 Å². The minimum Gasteiger partial charge on any atom is -0.477 e. The predicted molar refractivity (Wildman–Crippen MR) is 94.9 cm³/mol. The fourth-order valence-electron chi connectivity index (χ4n) is 3.56. The molecule has 2 aliphatic rings. The molecule has 0 bridgehead atoms. The van der Waals surface area contributed by atoms with Gasteiger partial charge in [0.15, 0.2) is 11.6 Å². The standard InChI is InChI=1S/C18H10F2N4O3/c1-22-11-4-2-3-5-12(11)24-15-13(20)10(19)6-8-14(15)23(21-18(22)24)7-9(16(8)25)17(26)27/h2-7H,1H3,(H,26,27). The molecule has 9 heteroatoms. The molecule has 2 aliphatic heterocycles. The van der Waals surface area contributed by atoms with Crippen molar-refractivity contribution in [2.24, 2.45) is 5.10 Å². The van der Waals surface area contributed by atoms with Gasteiger partial charge in [-0.2, -0.15) is 0 Å². The van der Waals surface area contributed by atoms with Crippen molar-refractivity contribution >= 4 is 39.9 Å². The van der Waals surface area contributed by atoms with Gasteiger partial charge in [0.2, 0.25) is 11.4 Å². The quantitative estimate of drug-likeness (QED) is 0.715. The summed E-state index contributed by atoms with van der Waals surface area (Å²) >= 11 is 0. The smallest absolute Gasteiger partial charge is 0.341 e. The molecule has 1 N–H and O–H groups in total. The molecule has 0 radical (unpaired) electrons. The van der Waals surface area contributed by atoms with E-state index < -0.39 is 28.6 Å². The summed E-state index contributed by atoms with van der Waals surface area (Å²) in [7, 11) is 1.71. The van der Waals surface area contributed by atoms with Gasteiger partial charge in [-0.05, 0) is 18.2 Å². The van der Waals surface area contributed by atoms with Crippen LogP contribution in [0.4, 0.5) is 25.8 Å². The first-order chi connectivity index (χ1) is 12.9. The number of pyridine rings is 1. The molecule has 0 amide bonds. The average Bonchev–Trinajstić information content (AvgIpc) is 2.93. The van der Waals surface area contributed by atoms with Crippen LogP contribution in [-0.2, 0) is 0 Å². The molecule has 7 nitrogen and oxygen atoms in total. The zero-order chi connectivity index (χ0) is 19.0. The summed E-state index contributed by atoms with van der Waals surface area (Å²) < 4.78 is 30.3. The molecule has 2 aromatic carbocycles. The highest BCUT2D eigenvalue weighted by molar-refractivity contribution is 6.23. The van der Waals surface area contributed by atoms with Crippen LogP contribution in [0.2, 0.25) is 0 Å². The number of hydrogen-bond acceptors (Lipinski definition) is 5. The predicted octanol–water partition coefficient (Wildman–Crippen LogP) is 2.70. The zero-order valence-electron chi connectivity index (χ0n) is 13.8. The fourth-order valence-corrected chi connectivity index (χ4v) is 3.56. The van der Waals surface area contributed by atoms with Crippen LogP contribution in [0.1, 0.15) is 10.4 Å². The molecule has 0 unspecified atom stereocenters. The van der Waals surface area contributed by atoms with Gasteiger partial charge in [-0.25, -0.2) is 18.3 Å². The van der Waals surface area contributed by atoms with Crippen LogP contribution >= 0.6 is 0 Å². The lowest BCUT2D eigenvalue weighted by Crippen LogP contribution is -2.37. The number of aromatic nitrogens is 1. The van der Waals surface area contributed by atoms with Crippen molar-refractivity contribution < 1.29 is 18.7 Å². The van der Waals surface area contributed by atoms with Crippen molar-refractivity contribution in [1.29, 1.82) is 0 Å². The topological polar surface area (TPSA) is 78.1 Å². The van der Waals surface area contributed by atoms with Gasteiger partial charge in [0.25, 0.3) is 0 Å². The van der Waals surface area contributed by atoms with E-state index in [4.69, 9.17) is 0 Å². The van der Waals surface area contributed by atoms with E-state index in [1.54, 1.807) is 36.2 Å². The monoisotopic (exact) mass is 368 g/mol. The first-order valence-electron chi connectivity index (χ1n) is 7.92. The molecule has 0 atom stereocenters. The summed E-state index contributed by atoms with van der Waals surface area (Å²) in [5.74, 6) is -3.59. The number of nitrogens with zero attached hydrogens (tertiary/aromatic N) is 4. The molecule has 3 aromatic rings. The van der Waals surface area contributed by atoms with Gasteiger partial charge in [0.05, 0.1) is 16.8 Å². The van der Waals surface area contributed by atoms with E-state index in [9.17, 15) is 23.5 Å². The molecule has 0 aliphatic carbocycles. The van der Waals surface area contributed by atoms with E-state index in [-0.39, 0.29) is 22.5 Å². The highest BCUT2D eigenvalue weighted by Gasteiger charge is 2.39. The van der Waals surface area contributed by atoms with Crippen molar-refractivity contribution in [2.75, 3.05) is 16.8 Å². The maximum Gasteiger partial charge on any atom is 0.341 e. The lowest BCUT2D eigenvalue weighted by molar-refractivity contribution is 0.0695. The third-order valence-corrected chi connectivity index (χ3v) is 4.77. The summed E-state index contributed by atoms with van der Waals surface area (Å²) in [6.07, 6.45) is 1.02. The number of fused-ring (bicyclic) bond motifs is 4. The summed E-state index contributed by atoms with van der Waals surface area (Å²) in [5.41, 5.74) is -0.352. The third kappa shape index (κ3) is 1.80. The molecule has 0 saturated heterocycles. The number of hydrogen-bond donors (Lipinski definition) is 1. The highest BCUT2D eigenvalue weighted by Crippen LogP contribution is 2.46. The lowest BCUT2D eigenvalue weighted by Gasteiger charge is -2.28. The largest absolute Gasteiger partial charge is 0.477 e. The van der Waals surface area contributed by atoms with Crippen LogP contribution in [0, 0.1) is 11.6 Å². The fraction of sp³-hybridized carbons (Fsp3) is 0.0556. The van der Waals surface area contributed by atoms with Crippen molar-refractivity contribution in [3.8, 4) is 0 Å².